The highest BCUT2D eigenvalue weighted by Gasteiger charge is 2.19. The van der Waals surface area contributed by atoms with Crippen molar-refractivity contribution in [1.82, 2.24) is 20.2 Å². The van der Waals surface area contributed by atoms with Gasteiger partial charge in [-0.15, -0.1) is 0 Å². The Hall–Kier alpha value is -2.76. The molecule has 0 aliphatic heterocycles. The molecule has 1 aromatic carbocycles. The van der Waals surface area contributed by atoms with E-state index in [1.807, 2.05) is 51.1 Å². The molecule has 6 nitrogen and oxygen atoms in total. The number of nitrogens with zero attached hydrogens (tertiary/aromatic N) is 3. The summed E-state index contributed by atoms with van der Waals surface area (Å²) in [5.41, 5.74) is 2.11. The van der Waals surface area contributed by atoms with Gasteiger partial charge in [0.15, 0.2) is 0 Å². The molecule has 0 fully saturated rings. The van der Waals surface area contributed by atoms with Gasteiger partial charge in [0.25, 0.3) is 5.91 Å². The highest BCUT2D eigenvalue weighted by molar-refractivity contribution is 5.92. The van der Waals surface area contributed by atoms with Crippen LogP contribution in [0.4, 0.5) is 0 Å². The summed E-state index contributed by atoms with van der Waals surface area (Å²) in [7, 11) is 0. The molecule has 0 aliphatic carbocycles. The van der Waals surface area contributed by atoms with Crippen LogP contribution in [-0.2, 0) is 11.3 Å². The first-order chi connectivity index (χ1) is 12.5. The van der Waals surface area contributed by atoms with Gasteiger partial charge >= 0.3 is 0 Å². The van der Waals surface area contributed by atoms with Gasteiger partial charge in [-0.1, -0.05) is 44.2 Å². The van der Waals surface area contributed by atoms with Crippen molar-refractivity contribution < 1.29 is 9.59 Å². The number of hydrogen-bond acceptors (Lipinski definition) is 4. The lowest BCUT2D eigenvalue weighted by molar-refractivity contribution is -0.121. The SMILES string of the molecule is Cc1cnc(C(=O)N(CCC(=O)NCc2ccccc2)CC(C)C)cn1. The molecule has 0 saturated carbocycles. The van der Waals surface area contributed by atoms with E-state index in [2.05, 4.69) is 15.3 Å². The van der Waals surface area contributed by atoms with E-state index in [1.54, 1.807) is 11.1 Å². The van der Waals surface area contributed by atoms with Crippen molar-refractivity contribution in [3.05, 3.63) is 59.7 Å². The number of rotatable bonds is 8. The van der Waals surface area contributed by atoms with Crippen LogP contribution < -0.4 is 5.32 Å². The quantitative estimate of drug-likeness (QED) is 0.791. The van der Waals surface area contributed by atoms with Crippen LogP contribution in [0.25, 0.3) is 0 Å². The number of hydrogen-bond donors (Lipinski definition) is 1. The van der Waals surface area contributed by atoms with Crippen LogP contribution >= 0.6 is 0 Å². The molecule has 1 aromatic heterocycles. The highest BCUT2D eigenvalue weighted by Crippen LogP contribution is 2.07. The van der Waals surface area contributed by atoms with Crippen LogP contribution in [0.5, 0.6) is 0 Å². The average Bonchev–Trinajstić information content (AvgIpc) is 2.64. The molecule has 2 amide bonds. The lowest BCUT2D eigenvalue weighted by Crippen LogP contribution is -2.38. The number of aromatic nitrogens is 2. The fourth-order valence-corrected chi connectivity index (χ4v) is 2.50. The van der Waals surface area contributed by atoms with Crippen LogP contribution in [0.15, 0.2) is 42.7 Å². The van der Waals surface area contributed by atoms with E-state index in [-0.39, 0.29) is 18.2 Å². The summed E-state index contributed by atoms with van der Waals surface area (Å²) in [5, 5.41) is 2.89. The standard InChI is InChI=1S/C20H26N4O2/c1-15(2)14-24(20(26)18-13-21-16(3)11-22-18)10-9-19(25)23-12-17-7-5-4-6-8-17/h4-8,11,13,15H,9-10,12,14H2,1-3H3,(H,23,25). The van der Waals surface area contributed by atoms with E-state index in [9.17, 15) is 9.59 Å². The van der Waals surface area contributed by atoms with Gasteiger partial charge in [-0.25, -0.2) is 4.98 Å². The number of benzene rings is 1. The number of carbonyl (C=O) groups excluding carboxylic acids is 2. The zero-order chi connectivity index (χ0) is 18.9. The smallest absolute Gasteiger partial charge is 0.274 e. The molecule has 0 unspecified atom stereocenters. The van der Waals surface area contributed by atoms with Gasteiger partial charge < -0.3 is 10.2 Å². The molecule has 2 aromatic rings. The molecule has 2 rings (SSSR count). The largest absolute Gasteiger partial charge is 0.352 e. The number of nitrogens with one attached hydrogen (secondary N) is 1. The van der Waals surface area contributed by atoms with Crippen molar-refractivity contribution in [1.29, 1.82) is 0 Å². The van der Waals surface area contributed by atoms with Crippen molar-refractivity contribution in [2.45, 2.75) is 33.7 Å². The van der Waals surface area contributed by atoms with Crippen LogP contribution in [-0.4, -0.2) is 39.8 Å². The predicted molar refractivity (Wildman–Crippen MR) is 100 cm³/mol. The Morgan fingerprint density at radius 2 is 1.85 bits per heavy atom. The summed E-state index contributed by atoms with van der Waals surface area (Å²) < 4.78 is 0. The number of carbonyl (C=O) groups is 2. The first-order valence-electron chi connectivity index (χ1n) is 8.84. The van der Waals surface area contributed by atoms with E-state index < -0.39 is 0 Å². The molecule has 6 heteroatoms. The summed E-state index contributed by atoms with van der Waals surface area (Å²) in [6.45, 7) is 7.31. The molecule has 26 heavy (non-hydrogen) atoms. The first-order valence-corrected chi connectivity index (χ1v) is 8.84. The third-order valence-corrected chi connectivity index (χ3v) is 3.81. The van der Waals surface area contributed by atoms with Gasteiger partial charge in [-0.2, -0.15) is 0 Å². The molecule has 0 radical (unpaired) electrons. The molecule has 0 spiro atoms. The van der Waals surface area contributed by atoms with Crippen molar-refractivity contribution >= 4 is 11.8 Å². The third kappa shape index (κ3) is 6.27. The lowest BCUT2D eigenvalue weighted by Gasteiger charge is -2.24. The zero-order valence-electron chi connectivity index (χ0n) is 15.6. The summed E-state index contributed by atoms with van der Waals surface area (Å²) in [6.07, 6.45) is 3.32. The topological polar surface area (TPSA) is 75.2 Å². The van der Waals surface area contributed by atoms with Crippen molar-refractivity contribution in [2.24, 2.45) is 5.92 Å². The van der Waals surface area contributed by atoms with Crippen LogP contribution in [0, 0.1) is 12.8 Å². The number of aryl methyl sites for hydroxylation is 1. The van der Waals surface area contributed by atoms with Crippen molar-refractivity contribution in [2.75, 3.05) is 13.1 Å². The molecule has 0 aliphatic rings. The average molecular weight is 354 g/mol. The molecule has 1 N–H and O–H groups in total. The normalized spacial score (nSPS) is 10.6. The Bertz CT molecular complexity index is 714. The molecule has 0 atom stereocenters. The third-order valence-electron chi connectivity index (χ3n) is 3.81. The molecular weight excluding hydrogens is 328 g/mol. The van der Waals surface area contributed by atoms with Crippen LogP contribution in [0.1, 0.15) is 42.0 Å². The predicted octanol–water partition coefficient (Wildman–Crippen LogP) is 2.59. The highest BCUT2D eigenvalue weighted by atomic mass is 16.2. The number of amides is 2. The van der Waals surface area contributed by atoms with E-state index >= 15 is 0 Å². The minimum absolute atomic E-state index is 0.0783. The summed E-state index contributed by atoms with van der Waals surface area (Å²) >= 11 is 0. The Balaban J connectivity index is 1.91. The molecular formula is C20H26N4O2. The van der Waals surface area contributed by atoms with Gasteiger partial charge in [-0.3, -0.25) is 14.6 Å². The fourth-order valence-electron chi connectivity index (χ4n) is 2.50. The van der Waals surface area contributed by atoms with Crippen molar-refractivity contribution in [3.63, 3.8) is 0 Å². The monoisotopic (exact) mass is 354 g/mol. The maximum Gasteiger partial charge on any atom is 0.274 e. The van der Waals surface area contributed by atoms with Gasteiger partial charge in [0.2, 0.25) is 5.91 Å². The molecule has 0 saturated heterocycles. The summed E-state index contributed by atoms with van der Waals surface area (Å²) in [6, 6.07) is 9.74. The second-order valence-corrected chi connectivity index (χ2v) is 6.70. The van der Waals surface area contributed by atoms with Gasteiger partial charge in [0.05, 0.1) is 11.9 Å². The van der Waals surface area contributed by atoms with Crippen molar-refractivity contribution in [3.8, 4) is 0 Å². The van der Waals surface area contributed by atoms with E-state index in [0.29, 0.717) is 31.2 Å². The van der Waals surface area contributed by atoms with Gasteiger partial charge in [-0.05, 0) is 18.4 Å². The van der Waals surface area contributed by atoms with Gasteiger partial charge in [0, 0.05) is 32.3 Å². The van der Waals surface area contributed by atoms with Crippen LogP contribution in [0.2, 0.25) is 0 Å². The van der Waals surface area contributed by atoms with E-state index in [1.165, 1.54) is 6.20 Å². The Morgan fingerprint density at radius 3 is 2.46 bits per heavy atom. The minimum Gasteiger partial charge on any atom is -0.352 e. The Labute approximate surface area is 154 Å². The molecule has 1 heterocycles. The first kappa shape index (κ1) is 19.6. The second-order valence-electron chi connectivity index (χ2n) is 6.70. The summed E-state index contributed by atoms with van der Waals surface area (Å²) in [5.74, 6) is 0.0252. The lowest BCUT2D eigenvalue weighted by atomic mass is 10.2. The maximum absolute atomic E-state index is 12.7. The maximum atomic E-state index is 12.7. The van der Waals surface area contributed by atoms with E-state index in [4.69, 9.17) is 0 Å². The molecule has 0 bridgehead atoms. The fraction of sp³-hybridized carbons (Fsp3) is 0.400. The Morgan fingerprint density at radius 1 is 1.12 bits per heavy atom. The van der Waals surface area contributed by atoms with E-state index in [0.717, 1.165) is 11.3 Å². The van der Waals surface area contributed by atoms with Crippen LogP contribution in [0.3, 0.4) is 0 Å². The summed E-state index contributed by atoms with van der Waals surface area (Å²) in [4.78, 5) is 34.8. The minimum atomic E-state index is -0.193. The second kappa shape index (κ2) is 9.65. The zero-order valence-corrected chi connectivity index (χ0v) is 15.6. The molecule has 138 valence electrons. The van der Waals surface area contributed by atoms with Gasteiger partial charge in [0.1, 0.15) is 5.69 Å². The Kier molecular flexibility index (Phi) is 7.26.